The van der Waals surface area contributed by atoms with Crippen molar-refractivity contribution in [2.24, 2.45) is 0 Å². The molecule has 0 aliphatic heterocycles. The number of thiophene rings is 1. The zero-order chi connectivity index (χ0) is 5.11. The minimum absolute atomic E-state index is 0. The van der Waals surface area contributed by atoms with E-state index in [9.17, 15) is 0 Å². The standard InChI is InChI=1S/C6H8S.CH4/c1-2-6-3-4-7-5-6;/h3-5H,2H2,1H3;1H4. The summed E-state index contributed by atoms with van der Waals surface area (Å²) in [7, 11) is 0. The van der Waals surface area contributed by atoms with Gasteiger partial charge in [-0.25, -0.2) is 0 Å². The fourth-order valence-electron chi connectivity index (χ4n) is 0.494. The lowest BCUT2D eigenvalue weighted by molar-refractivity contribution is 1.16. The topological polar surface area (TPSA) is 0 Å². The van der Waals surface area contributed by atoms with Crippen LogP contribution in [0.3, 0.4) is 0 Å². The molecule has 8 heavy (non-hydrogen) atoms. The van der Waals surface area contributed by atoms with Gasteiger partial charge in [-0.2, -0.15) is 11.3 Å². The molecule has 0 atom stereocenters. The lowest BCUT2D eigenvalue weighted by atomic mass is 10.3. The highest BCUT2D eigenvalue weighted by atomic mass is 32.1. The van der Waals surface area contributed by atoms with Crippen molar-refractivity contribution < 1.29 is 0 Å². The van der Waals surface area contributed by atoms with Crippen LogP contribution in [0.1, 0.15) is 19.9 Å². The summed E-state index contributed by atoms with van der Waals surface area (Å²) in [6.45, 7) is 2.17. The van der Waals surface area contributed by atoms with Crippen molar-refractivity contribution in [3.05, 3.63) is 22.4 Å². The molecule has 0 nitrogen and oxygen atoms in total. The first kappa shape index (κ1) is 7.70. The van der Waals surface area contributed by atoms with Gasteiger partial charge in [0.1, 0.15) is 0 Å². The Morgan fingerprint density at radius 1 is 1.62 bits per heavy atom. The van der Waals surface area contributed by atoms with E-state index >= 15 is 0 Å². The highest BCUT2D eigenvalue weighted by molar-refractivity contribution is 7.07. The average molecular weight is 128 g/mol. The van der Waals surface area contributed by atoms with Gasteiger partial charge < -0.3 is 0 Å². The summed E-state index contributed by atoms with van der Waals surface area (Å²) in [5.74, 6) is 0. The second kappa shape index (κ2) is 3.67. The van der Waals surface area contributed by atoms with Crippen molar-refractivity contribution in [3.63, 3.8) is 0 Å². The van der Waals surface area contributed by atoms with Crippen molar-refractivity contribution in [3.8, 4) is 0 Å². The molecule has 0 saturated heterocycles. The lowest BCUT2D eigenvalue weighted by Gasteiger charge is -1.78. The first-order chi connectivity index (χ1) is 3.43. The van der Waals surface area contributed by atoms with Gasteiger partial charge in [0.15, 0.2) is 0 Å². The van der Waals surface area contributed by atoms with Crippen molar-refractivity contribution in [1.82, 2.24) is 0 Å². The van der Waals surface area contributed by atoms with E-state index in [1.54, 1.807) is 11.3 Å². The molecule has 1 aromatic heterocycles. The Morgan fingerprint density at radius 2 is 2.38 bits per heavy atom. The van der Waals surface area contributed by atoms with Crippen LogP contribution in [0, 0.1) is 0 Å². The monoisotopic (exact) mass is 128 g/mol. The summed E-state index contributed by atoms with van der Waals surface area (Å²) in [5, 5.41) is 4.29. The Morgan fingerprint density at radius 3 is 2.62 bits per heavy atom. The maximum Gasteiger partial charge on any atom is -0.00614 e. The Balaban J connectivity index is 0.000000490. The third-order valence-electron chi connectivity index (χ3n) is 0.988. The van der Waals surface area contributed by atoms with Gasteiger partial charge in [0, 0.05) is 0 Å². The molecule has 1 aromatic rings. The second-order valence-corrected chi connectivity index (χ2v) is 2.27. The van der Waals surface area contributed by atoms with Gasteiger partial charge in [0.05, 0.1) is 0 Å². The smallest absolute Gasteiger partial charge is 0.00614 e. The van der Waals surface area contributed by atoms with Crippen LogP contribution in [0.5, 0.6) is 0 Å². The molecule has 1 heteroatoms. The lowest BCUT2D eigenvalue weighted by Crippen LogP contribution is -1.66. The van der Waals surface area contributed by atoms with Crippen molar-refractivity contribution in [2.45, 2.75) is 20.8 Å². The van der Waals surface area contributed by atoms with Gasteiger partial charge in [0.25, 0.3) is 0 Å². The number of aryl methyl sites for hydroxylation is 1. The van der Waals surface area contributed by atoms with Crippen LogP contribution in [-0.4, -0.2) is 0 Å². The van der Waals surface area contributed by atoms with Crippen LogP contribution < -0.4 is 0 Å². The van der Waals surface area contributed by atoms with E-state index in [1.165, 1.54) is 12.0 Å². The van der Waals surface area contributed by atoms with Crippen LogP contribution in [0.2, 0.25) is 0 Å². The van der Waals surface area contributed by atoms with Crippen LogP contribution in [0.4, 0.5) is 0 Å². The summed E-state index contributed by atoms with van der Waals surface area (Å²) < 4.78 is 0. The zero-order valence-corrected chi connectivity index (χ0v) is 5.16. The third kappa shape index (κ3) is 1.66. The highest BCUT2D eigenvalue weighted by Gasteiger charge is 1.82. The summed E-state index contributed by atoms with van der Waals surface area (Å²) >= 11 is 1.76. The summed E-state index contributed by atoms with van der Waals surface area (Å²) in [5.41, 5.74) is 1.45. The molecular weight excluding hydrogens is 116 g/mol. The molecule has 0 radical (unpaired) electrons. The van der Waals surface area contributed by atoms with Gasteiger partial charge >= 0.3 is 0 Å². The van der Waals surface area contributed by atoms with E-state index in [1.807, 2.05) is 0 Å². The minimum atomic E-state index is 0. The average Bonchev–Trinajstić information content (AvgIpc) is 2.14. The molecule has 0 spiro atoms. The maximum atomic E-state index is 2.18. The van der Waals surface area contributed by atoms with Gasteiger partial charge in [-0.3, -0.25) is 0 Å². The molecule has 0 bridgehead atoms. The van der Waals surface area contributed by atoms with Crippen LogP contribution in [-0.2, 0) is 6.42 Å². The Labute approximate surface area is 55.2 Å². The van der Waals surface area contributed by atoms with E-state index in [0.29, 0.717) is 0 Å². The molecule has 0 fully saturated rings. The van der Waals surface area contributed by atoms with Crippen molar-refractivity contribution >= 4 is 11.3 Å². The third-order valence-corrected chi connectivity index (χ3v) is 1.72. The fraction of sp³-hybridized carbons (Fsp3) is 0.429. The largest absolute Gasteiger partial charge is 0.152 e. The first-order valence-corrected chi connectivity index (χ1v) is 3.39. The fourth-order valence-corrected chi connectivity index (χ4v) is 1.25. The van der Waals surface area contributed by atoms with Crippen LogP contribution in [0.25, 0.3) is 0 Å². The Bertz CT molecular complexity index is 119. The predicted molar refractivity (Wildman–Crippen MR) is 40.4 cm³/mol. The van der Waals surface area contributed by atoms with Crippen molar-refractivity contribution in [1.29, 1.82) is 0 Å². The Hall–Kier alpha value is -0.300. The second-order valence-electron chi connectivity index (χ2n) is 1.49. The summed E-state index contributed by atoms with van der Waals surface area (Å²) in [4.78, 5) is 0. The van der Waals surface area contributed by atoms with E-state index in [-0.39, 0.29) is 7.43 Å². The minimum Gasteiger partial charge on any atom is -0.152 e. The van der Waals surface area contributed by atoms with Gasteiger partial charge in [-0.15, -0.1) is 0 Å². The molecule has 1 rings (SSSR count). The van der Waals surface area contributed by atoms with E-state index in [4.69, 9.17) is 0 Å². The molecule has 0 aliphatic carbocycles. The number of hydrogen-bond acceptors (Lipinski definition) is 1. The van der Waals surface area contributed by atoms with Gasteiger partial charge in [-0.05, 0) is 28.8 Å². The first-order valence-electron chi connectivity index (χ1n) is 2.44. The van der Waals surface area contributed by atoms with Gasteiger partial charge in [0.2, 0.25) is 0 Å². The molecular formula is C7H12S. The summed E-state index contributed by atoms with van der Waals surface area (Å²) in [6.07, 6.45) is 1.17. The predicted octanol–water partition coefficient (Wildman–Crippen LogP) is 2.95. The van der Waals surface area contributed by atoms with Crippen molar-refractivity contribution in [2.75, 3.05) is 0 Å². The molecule has 0 unspecified atom stereocenters. The maximum absolute atomic E-state index is 2.18. The molecule has 0 aliphatic rings. The number of rotatable bonds is 1. The summed E-state index contributed by atoms with van der Waals surface area (Å²) in [6, 6.07) is 2.16. The van der Waals surface area contributed by atoms with E-state index < -0.39 is 0 Å². The normalized spacial score (nSPS) is 8.12. The molecule has 46 valence electrons. The molecule has 1 heterocycles. The molecule has 0 amide bonds. The molecule has 0 saturated carbocycles. The van der Waals surface area contributed by atoms with E-state index in [2.05, 4.69) is 23.8 Å². The molecule has 0 aromatic carbocycles. The highest BCUT2D eigenvalue weighted by Crippen LogP contribution is 2.04. The van der Waals surface area contributed by atoms with E-state index in [0.717, 1.165) is 0 Å². The quantitative estimate of drug-likeness (QED) is 0.545. The number of hydrogen-bond donors (Lipinski definition) is 0. The zero-order valence-electron chi connectivity index (χ0n) is 4.35. The van der Waals surface area contributed by atoms with Crippen LogP contribution >= 0.6 is 11.3 Å². The Kier molecular flexibility index (Phi) is 3.53. The molecule has 0 N–H and O–H groups in total. The van der Waals surface area contributed by atoms with Crippen LogP contribution in [0.15, 0.2) is 16.8 Å². The SMILES string of the molecule is C.CCc1ccsc1. The van der Waals surface area contributed by atoms with Gasteiger partial charge in [-0.1, -0.05) is 14.4 Å².